The van der Waals surface area contributed by atoms with Crippen molar-refractivity contribution in [2.24, 2.45) is 0 Å². The molecule has 0 radical (unpaired) electrons. The molecule has 2 N–H and O–H groups in total. The van der Waals surface area contributed by atoms with Gasteiger partial charge in [-0.05, 0) is 25.1 Å². The number of nitrogens with zero attached hydrogens (tertiary/aromatic N) is 1. The summed E-state index contributed by atoms with van der Waals surface area (Å²) in [5.74, 6) is -1.35. The van der Waals surface area contributed by atoms with E-state index in [1.807, 2.05) is 0 Å². The molecule has 2 rings (SSSR count). The lowest BCUT2D eigenvalue weighted by atomic mass is 10.2. The van der Waals surface area contributed by atoms with Crippen LogP contribution in [0.4, 0.5) is 15.9 Å². The van der Waals surface area contributed by atoms with Gasteiger partial charge >= 0.3 is 0 Å². The zero-order valence-corrected chi connectivity index (χ0v) is 12.6. The van der Waals surface area contributed by atoms with E-state index in [9.17, 15) is 9.18 Å². The molecule has 0 unspecified atom stereocenters. The number of nitrogens with one attached hydrogen (secondary N) is 2. The number of hydrogen-bond acceptors (Lipinski definition) is 3. The van der Waals surface area contributed by atoms with Crippen LogP contribution in [-0.4, -0.2) is 17.4 Å². The molecule has 1 amide bonds. The molecule has 7 heteroatoms. The molecule has 1 heterocycles. The monoisotopic (exact) mass is 327 g/mol. The lowest BCUT2D eigenvalue weighted by molar-refractivity contribution is 0.102. The Morgan fingerprint density at radius 1 is 1.29 bits per heavy atom. The van der Waals surface area contributed by atoms with Gasteiger partial charge in [0, 0.05) is 12.7 Å². The molecule has 1 aromatic heterocycles. The quantitative estimate of drug-likeness (QED) is 0.884. The van der Waals surface area contributed by atoms with E-state index in [0.29, 0.717) is 6.54 Å². The van der Waals surface area contributed by atoms with Crippen LogP contribution in [0.2, 0.25) is 10.0 Å². The third kappa shape index (κ3) is 3.43. The van der Waals surface area contributed by atoms with Gasteiger partial charge in [-0.3, -0.25) is 4.79 Å². The van der Waals surface area contributed by atoms with Crippen LogP contribution in [0.1, 0.15) is 17.3 Å². The summed E-state index contributed by atoms with van der Waals surface area (Å²) in [6, 6.07) is 6.10. The van der Waals surface area contributed by atoms with E-state index in [1.165, 1.54) is 12.3 Å². The second-order valence-electron chi connectivity index (χ2n) is 4.10. The smallest absolute Gasteiger partial charge is 0.258 e. The fourth-order valence-electron chi connectivity index (χ4n) is 1.71. The summed E-state index contributed by atoms with van der Waals surface area (Å²) < 4.78 is 14.2. The topological polar surface area (TPSA) is 54.0 Å². The van der Waals surface area contributed by atoms with Crippen LogP contribution < -0.4 is 10.6 Å². The fourth-order valence-corrected chi connectivity index (χ4v) is 2.20. The van der Waals surface area contributed by atoms with E-state index in [1.54, 1.807) is 25.1 Å². The van der Waals surface area contributed by atoms with Crippen molar-refractivity contribution in [3.05, 3.63) is 51.9 Å². The Hall–Kier alpha value is -1.85. The van der Waals surface area contributed by atoms with Crippen LogP contribution in [0.25, 0.3) is 0 Å². The molecule has 2 aromatic rings. The standard InChI is InChI=1S/C14H12Cl2FN3O/c1-2-18-13-11(17)8(6-7-19-13)14(21)20-12-9(15)4-3-5-10(12)16/h3-7H,2H2,1H3,(H,18,19)(H,20,21). The molecule has 0 aliphatic heterocycles. The maximum Gasteiger partial charge on any atom is 0.258 e. The minimum absolute atomic E-state index is 0.0235. The number of para-hydroxylation sites is 1. The van der Waals surface area contributed by atoms with Crippen molar-refractivity contribution in [1.29, 1.82) is 0 Å². The molecule has 21 heavy (non-hydrogen) atoms. The number of carbonyl (C=O) groups is 1. The summed E-state index contributed by atoms with van der Waals surface area (Å²) in [6.45, 7) is 2.29. The highest BCUT2D eigenvalue weighted by atomic mass is 35.5. The maximum atomic E-state index is 14.2. The molecule has 0 saturated carbocycles. The van der Waals surface area contributed by atoms with E-state index in [2.05, 4.69) is 15.6 Å². The summed E-state index contributed by atoms with van der Waals surface area (Å²) in [6.07, 6.45) is 1.35. The molecule has 0 aliphatic carbocycles. The highest BCUT2D eigenvalue weighted by Gasteiger charge is 2.17. The van der Waals surface area contributed by atoms with Gasteiger partial charge in [0.25, 0.3) is 5.91 Å². The summed E-state index contributed by atoms with van der Waals surface area (Å²) in [5.41, 5.74) is 0.101. The normalized spacial score (nSPS) is 10.3. The van der Waals surface area contributed by atoms with Crippen molar-refractivity contribution in [2.45, 2.75) is 6.92 Å². The Bertz CT molecular complexity index is 659. The first kappa shape index (κ1) is 15.5. The van der Waals surface area contributed by atoms with Gasteiger partial charge in [-0.2, -0.15) is 0 Å². The number of carbonyl (C=O) groups excluding carboxylic acids is 1. The number of halogens is 3. The van der Waals surface area contributed by atoms with Gasteiger partial charge in [0.15, 0.2) is 11.6 Å². The average Bonchev–Trinajstić information content (AvgIpc) is 2.45. The number of hydrogen-bond donors (Lipinski definition) is 2. The SMILES string of the molecule is CCNc1nccc(C(=O)Nc2c(Cl)cccc2Cl)c1F. The lowest BCUT2D eigenvalue weighted by Gasteiger charge is -2.11. The molecule has 4 nitrogen and oxygen atoms in total. The van der Waals surface area contributed by atoms with Crippen molar-refractivity contribution >= 4 is 40.6 Å². The van der Waals surface area contributed by atoms with Crippen molar-refractivity contribution < 1.29 is 9.18 Å². The first-order valence-electron chi connectivity index (χ1n) is 6.18. The number of rotatable bonds is 4. The molecular weight excluding hydrogens is 316 g/mol. The number of aromatic nitrogens is 1. The van der Waals surface area contributed by atoms with E-state index in [0.717, 1.165) is 0 Å². The minimum Gasteiger partial charge on any atom is -0.368 e. The molecule has 0 atom stereocenters. The van der Waals surface area contributed by atoms with E-state index < -0.39 is 11.7 Å². The molecule has 0 spiro atoms. The van der Waals surface area contributed by atoms with Crippen molar-refractivity contribution in [3.63, 3.8) is 0 Å². The lowest BCUT2D eigenvalue weighted by Crippen LogP contribution is -2.16. The summed E-state index contributed by atoms with van der Waals surface area (Å²) >= 11 is 11.9. The van der Waals surface area contributed by atoms with Gasteiger partial charge in [0.2, 0.25) is 0 Å². The molecular formula is C14H12Cl2FN3O. The second kappa shape index (κ2) is 6.74. The van der Waals surface area contributed by atoms with Gasteiger partial charge in [0.1, 0.15) is 0 Å². The van der Waals surface area contributed by atoms with E-state index >= 15 is 0 Å². The second-order valence-corrected chi connectivity index (χ2v) is 4.92. The zero-order chi connectivity index (χ0) is 15.4. The number of amides is 1. The van der Waals surface area contributed by atoms with Crippen molar-refractivity contribution in [2.75, 3.05) is 17.2 Å². The van der Waals surface area contributed by atoms with Crippen LogP contribution in [0.5, 0.6) is 0 Å². The Morgan fingerprint density at radius 3 is 2.57 bits per heavy atom. The summed E-state index contributed by atoms with van der Waals surface area (Å²) in [5, 5.41) is 5.80. The number of benzene rings is 1. The predicted molar refractivity (Wildman–Crippen MR) is 82.8 cm³/mol. The molecule has 0 saturated heterocycles. The average molecular weight is 328 g/mol. The minimum atomic E-state index is -0.722. The largest absolute Gasteiger partial charge is 0.368 e. The fraction of sp³-hybridized carbons (Fsp3) is 0.143. The molecule has 1 aromatic carbocycles. The van der Waals surface area contributed by atoms with Crippen molar-refractivity contribution in [3.8, 4) is 0 Å². The first-order valence-corrected chi connectivity index (χ1v) is 6.94. The van der Waals surface area contributed by atoms with Crippen LogP contribution in [-0.2, 0) is 0 Å². The van der Waals surface area contributed by atoms with Gasteiger partial charge in [0.05, 0.1) is 21.3 Å². The summed E-state index contributed by atoms with van der Waals surface area (Å²) in [7, 11) is 0. The van der Waals surface area contributed by atoms with Gasteiger partial charge < -0.3 is 10.6 Å². The van der Waals surface area contributed by atoms with Crippen LogP contribution >= 0.6 is 23.2 Å². The molecule has 0 fully saturated rings. The van der Waals surface area contributed by atoms with Crippen LogP contribution in [0.3, 0.4) is 0 Å². The van der Waals surface area contributed by atoms with Crippen molar-refractivity contribution in [1.82, 2.24) is 4.98 Å². The van der Waals surface area contributed by atoms with E-state index in [4.69, 9.17) is 23.2 Å². The third-order valence-electron chi connectivity index (χ3n) is 2.68. The zero-order valence-electron chi connectivity index (χ0n) is 11.1. The highest BCUT2D eigenvalue weighted by Crippen LogP contribution is 2.30. The van der Waals surface area contributed by atoms with Gasteiger partial charge in [-0.25, -0.2) is 9.37 Å². The molecule has 0 aliphatic rings. The third-order valence-corrected chi connectivity index (χ3v) is 3.31. The molecule has 0 bridgehead atoms. The Kier molecular flexibility index (Phi) is 4.98. The van der Waals surface area contributed by atoms with Crippen LogP contribution in [0.15, 0.2) is 30.5 Å². The Labute approximate surface area is 131 Å². The van der Waals surface area contributed by atoms with Gasteiger partial charge in [-0.15, -0.1) is 0 Å². The Morgan fingerprint density at radius 2 is 1.95 bits per heavy atom. The van der Waals surface area contributed by atoms with Gasteiger partial charge in [-0.1, -0.05) is 29.3 Å². The van der Waals surface area contributed by atoms with Crippen LogP contribution in [0, 0.1) is 5.82 Å². The van der Waals surface area contributed by atoms with E-state index in [-0.39, 0.29) is 27.1 Å². The number of pyridine rings is 1. The predicted octanol–water partition coefficient (Wildman–Crippen LogP) is 4.21. The first-order chi connectivity index (χ1) is 10.0. The molecule has 110 valence electrons. The Balaban J connectivity index is 2.31. The summed E-state index contributed by atoms with van der Waals surface area (Å²) in [4.78, 5) is 16.0. The maximum absolute atomic E-state index is 14.2. The number of anilines is 2. The highest BCUT2D eigenvalue weighted by molar-refractivity contribution is 6.40.